The lowest BCUT2D eigenvalue weighted by Gasteiger charge is -2.13. The van der Waals surface area contributed by atoms with Crippen molar-refractivity contribution in [3.63, 3.8) is 0 Å². The first-order valence-corrected chi connectivity index (χ1v) is 6.79. The Morgan fingerprint density at radius 3 is 2.47 bits per heavy atom. The van der Waals surface area contributed by atoms with Gasteiger partial charge in [0.2, 0.25) is 0 Å². The molecule has 19 heavy (non-hydrogen) atoms. The average Bonchev–Trinajstić information content (AvgIpc) is 2.39. The molecule has 0 saturated carbocycles. The van der Waals surface area contributed by atoms with Gasteiger partial charge in [0.15, 0.2) is 0 Å². The van der Waals surface area contributed by atoms with Crippen molar-refractivity contribution in [3.05, 3.63) is 54.4 Å². The highest BCUT2D eigenvalue weighted by atomic mass is 15.1. The zero-order chi connectivity index (χ0) is 14.1. The Balaban J connectivity index is 2.16. The second-order valence-corrected chi connectivity index (χ2v) is 4.75. The molecular weight excluding hydrogens is 234 g/mol. The number of rotatable bonds is 9. The van der Waals surface area contributed by atoms with Gasteiger partial charge in [0.1, 0.15) is 0 Å². The summed E-state index contributed by atoms with van der Waals surface area (Å²) < 4.78 is 0. The van der Waals surface area contributed by atoms with E-state index in [1.807, 2.05) is 12.1 Å². The fourth-order valence-corrected chi connectivity index (χ4v) is 1.78. The van der Waals surface area contributed by atoms with E-state index in [1.165, 1.54) is 11.1 Å². The van der Waals surface area contributed by atoms with Crippen LogP contribution in [0.4, 0.5) is 5.69 Å². The van der Waals surface area contributed by atoms with Crippen molar-refractivity contribution in [1.82, 2.24) is 10.6 Å². The number of hydrogen-bond acceptors (Lipinski definition) is 3. The number of nitrogens with two attached hydrogens (primary N) is 1. The monoisotopic (exact) mass is 259 g/mol. The van der Waals surface area contributed by atoms with Gasteiger partial charge in [-0.3, -0.25) is 0 Å². The fourth-order valence-electron chi connectivity index (χ4n) is 1.78. The molecule has 0 aliphatic rings. The largest absolute Gasteiger partial charge is 0.399 e. The molecule has 1 aromatic rings. The zero-order valence-corrected chi connectivity index (χ0v) is 11.8. The van der Waals surface area contributed by atoms with E-state index in [1.54, 1.807) is 0 Å². The molecule has 0 fully saturated rings. The summed E-state index contributed by atoms with van der Waals surface area (Å²) in [6, 6.07) is 7.96. The standard InChI is InChI=1S/C16H25N3/c1-4-5-13(2)12-19-14(3)18-11-10-15-6-8-16(17)9-7-15/h6-9,18-19H,2-5,10-12,17H2,1H3. The highest BCUT2D eigenvalue weighted by molar-refractivity contribution is 5.39. The van der Waals surface area contributed by atoms with Crippen molar-refractivity contribution in [1.29, 1.82) is 0 Å². The van der Waals surface area contributed by atoms with E-state index in [2.05, 4.69) is 42.8 Å². The second kappa shape index (κ2) is 8.25. The van der Waals surface area contributed by atoms with Gasteiger partial charge >= 0.3 is 0 Å². The van der Waals surface area contributed by atoms with Crippen molar-refractivity contribution in [2.45, 2.75) is 26.2 Å². The smallest absolute Gasteiger partial charge is 0.0915 e. The van der Waals surface area contributed by atoms with Gasteiger partial charge in [-0.2, -0.15) is 0 Å². The lowest BCUT2D eigenvalue weighted by atomic mass is 10.1. The Labute approximate surface area is 116 Å². The van der Waals surface area contributed by atoms with Gasteiger partial charge in [-0.25, -0.2) is 0 Å². The van der Waals surface area contributed by atoms with Gasteiger partial charge in [0, 0.05) is 18.8 Å². The summed E-state index contributed by atoms with van der Waals surface area (Å²) in [5.41, 5.74) is 8.93. The minimum absolute atomic E-state index is 0.793. The molecule has 0 spiro atoms. The lowest BCUT2D eigenvalue weighted by Crippen LogP contribution is -2.28. The van der Waals surface area contributed by atoms with E-state index in [9.17, 15) is 0 Å². The molecule has 104 valence electrons. The maximum atomic E-state index is 5.65. The highest BCUT2D eigenvalue weighted by Crippen LogP contribution is 2.05. The first-order chi connectivity index (χ1) is 9.11. The third-order valence-electron chi connectivity index (χ3n) is 2.89. The molecule has 0 saturated heterocycles. The topological polar surface area (TPSA) is 50.1 Å². The number of nitrogens with one attached hydrogen (secondary N) is 2. The Morgan fingerprint density at radius 1 is 1.16 bits per heavy atom. The predicted octanol–water partition coefficient (Wildman–Crippen LogP) is 2.82. The summed E-state index contributed by atoms with van der Waals surface area (Å²) in [5.74, 6) is 0.854. The molecule has 0 aliphatic heterocycles. The average molecular weight is 259 g/mol. The van der Waals surface area contributed by atoms with Crippen LogP contribution in [0.15, 0.2) is 48.8 Å². The van der Waals surface area contributed by atoms with E-state index >= 15 is 0 Å². The maximum absolute atomic E-state index is 5.65. The Kier molecular flexibility index (Phi) is 6.58. The molecule has 0 atom stereocenters. The summed E-state index contributed by atoms with van der Waals surface area (Å²) in [5, 5.41) is 6.50. The number of hydrogen-bond donors (Lipinski definition) is 3. The van der Waals surface area contributed by atoms with E-state index in [0.29, 0.717) is 0 Å². The third kappa shape index (κ3) is 6.55. The maximum Gasteiger partial charge on any atom is 0.0915 e. The zero-order valence-electron chi connectivity index (χ0n) is 11.8. The van der Waals surface area contributed by atoms with Gasteiger partial charge in [0.25, 0.3) is 0 Å². The Morgan fingerprint density at radius 2 is 1.84 bits per heavy atom. The van der Waals surface area contributed by atoms with E-state index in [-0.39, 0.29) is 0 Å². The van der Waals surface area contributed by atoms with Crippen molar-refractivity contribution in [2.75, 3.05) is 18.8 Å². The first-order valence-electron chi connectivity index (χ1n) is 6.79. The van der Waals surface area contributed by atoms with Crippen LogP contribution in [0.5, 0.6) is 0 Å². The number of nitrogen functional groups attached to an aromatic ring is 1. The summed E-state index contributed by atoms with van der Waals surface area (Å²) in [7, 11) is 0. The number of benzene rings is 1. The summed E-state index contributed by atoms with van der Waals surface area (Å²) in [6.45, 7) is 11.8. The van der Waals surface area contributed by atoms with Gasteiger partial charge in [-0.05, 0) is 30.5 Å². The lowest BCUT2D eigenvalue weighted by molar-refractivity contribution is 0.694. The molecular formula is C16H25N3. The molecule has 1 rings (SSSR count). The molecule has 3 heteroatoms. The van der Waals surface area contributed by atoms with Gasteiger partial charge in [-0.15, -0.1) is 0 Å². The van der Waals surface area contributed by atoms with Gasteiger partial charge < -0.3 is 16.4 Å². The van der Waals surface area contributed by atoms with Crippen LogP contribution in [0.25, 0.3) is 0 Å². The van der Waals surface area contributed by atoms with Crippen molar-refractivity contribution in [2.24, 2.45) is 0 Å². The minimum Gasteiger partial charge on any atom is -0.399 e. The SMILES string of the molecule is C=C(CCC)CNC(=C)NCCc1ccc(N)cc1. The van der Waals surface area contributed by atoms with Crippen LogP contribution in [0.2, 0.25) is 0 Å². The van der Waals surface area contributed by atoms with E-state index in [4.69, 9.17) is 5.73 Å². The van der Waals surface area contributed by atoms with Crippen LogP contribution in [0, 0.1) is 0 Å². The predicted molar refractivity (Wildman–Crippen MR) is 83.8 cm³/mol. The molecule has 0 aromatic heterocycles. The molecule has 4 N–H and O–H groups in total. The molecule has 0 radical (unpaired) electrons. The summed E-state index contributed by atoms with van der Waals surface area (Å²) in [6.07, 6.45) is 3.15. The molecule has 0 amide bonds. The quantitative estimate of drug-likeness (QED) is 0.472. The van der Waals surface area contributed by atoms with Crippen LogP contribution >= 0.6 is 0 Å². The summed E-state index contributed by atoms with van der Waals surface area (Å²) in [4.78, 5) is 0. The van der Waals surface area contributed by atoms with Crippen LogP contribution in [0.3, 0.4) is 0 Å². The van der Waals surface area contributed by atoms with E-state index in [0.717, 1.165) is 43.9 Å². The Bertz CT molecular complexity index is 407. The molecule has 3 nitrogen and oxygen atoms in total. The fraction of sp³-hybridized carbons (Fsp3) is 0.375. The van der Waals surface area contributed by atoms with Crippen LogP contribution in [-0.2, 0) is 6.42 Å². The summed E-state index contributed by atoms with van der Waals surface area (Å²) >= 11 is 0. The van der Waals surface area contributed by atoms with Crippen LogP contribution < -0.4 is 16.4 Å². The van der Waals surface area contributed by atoms with Crippen LogP contribution in [0.1, 0.15) is 25.3 Å². The van der Waals surface area contributed by atoms with Crippen molar-refractivity contribution < 1.29 is 0 Å². The molecule has 0 bridgehead atoms. The Hall–Kier alpha value is -1.90. The van der Waals surface area contributed by atoms with Gasteiger partial charge in [0.05, 0.1) is 5.82 Å². The minimum atomic E-state index is 0.793. The van der Waals surface area contributed by atoms with E-state index < -0.39 is 0 Å². The molecule has 0 heterocycles. The van der Waals surface area contributed by atoms with Crippen molar-refractivity contribution in [3.8, 4) is 0 Å². The third-order valence-corrected chi connectivity index (χ3v) is 2.89. The van der Waals surface area contributed by atoms with Crippen molar-refractivity contribution >= 4 is 5.69 Å². The molecule has 1 aromatic carbocycles. The second-order valence-electron chi connectivity index (χ2n) is 4.75. The number of anilines is 1. The molecule has 0 aliphatic carbocycles. The first kappa shape index (κ1) is 15.2. The highest BCUT2D eigenvalue weighted by Gasteiger charge is 1.96. The van der Waals surface area contributed by atoms with Crippen LogP contribution in [-0.4, -0.2) is 13.1 Å². The van der Waals surface area contributed by atoms with Gasteiger partial charge in [-0.1, -0.05) is 44.2 Å². The normalized spacial score (nSPS) is 9.95. The molecule has 0 unspecified atom stereocenters.